The molecule has 1 unspecified atom stereocenters. The third kappa shape index (κ3) is 2.84. The van der Waals surface area contributed by atoms with Crippen molar-refractivity contribution in [2.45, 2.75) is 9.72 Å². The van der Waals surface area contributed by atoms with Crippen LogP contribution in [0.1, 0.15) is 17.5 Å². The van der Waals surface area contributed by atoms with Crippen LogP contribution in [0.3, 0.4) is 0 Å². The Morgan fingerprint density at radius 1 is 1.00 bits per heavy atom. The molecule has 0 spiro atoms. The van der Waals surface area contributed by atoms with Crippen molar-refractivity contribution in [3.8, 4) is 0 Å². The first-order chi connectivity index (χ1) is 9.88. The predicted molar refractivity (Wildman–Crippen MR) is 78.8 cm³/mol. The van der Waals surface area contributed by atoms with Gasteiger partial charge in [-0.3, -0.25) is 0 Å². The van der Waals surface area contributed by atoms with Crippen LogP contribution in [0, 0.1) is 0 Å². The first kappa shape index (κ1) is 17.5. The SMILES string of the molecule is C1=CC[C]([Hf+2][C]2(n3cccc3)C=Cc3ccccc32)=C1.[Cl-].[Cl-]. The molecule has 1 aromatic carbocycles. The minimum atomic E-state index is -1.04. The van der Waals surface area contributed by atoms with Gasteiger partial charge in [-0.25, -0.2) is 0 Å². The van der Waals surface area contributed by atoms with Gasteiger partial charge in [0, 0.05) is 0 Å². The third-order valence-electron chi connectivity index (χ3n) is 4.01. The van der Waals surface area contributed by atoms with Gasteiger partial charge in [-0.15, -0.1) is 0 Å². The Kier molecular flexibility index (Phi) is 5.70. The normalized spacial score (nSPS) is 20.6. The second-order valence-electron chi connectivity index (χ2n) is 5.23. The summed E-state index contributed by atoms with van der Waals surface area (Å²) in [6.07, 6.45) is 17.2. The fraction of sp³-hybridized carbons (Fsp3) is 0.111. The predicted octanol–water partition coefficient (Wildman–Crippen LogP) is -1.85. The smallest absolute Gasteiger partial charge is 1.00 e. The summed E-state index contributed by atoms with van der Waals surface area (Å²) in [5.74, 6) is 0. The Morgan fingerprint density at radius 3 is 2.50 bits per heavy atom. The molecule has 2 aliphatic carbocycles. The zero-order valence-corrected chi connectivity index (χ0v) is 17.0. The molecule has 1 aromatic heterocycles. The van der Waals surface area contributed by atoms with E-state index in [0.717, 1.165) is 0 Å². The molecule has 4 heteroatoms. The molecule has 0 radical (unpaired) electrons. The van der Waals surface area contributed by atoms with Crippen molar-refractivity contribution in [2.24, 2.45) is 0 Å². The molecule has 1 atom stereocenters. The van der Waals surface area contributed by atoms with E-state index in [1.165, 1.54) is 17.5 Å². The minimum absolute atomic E-state index is 0. The van der Waals surface area contributed by atoms with Crippen molar-refractivity contribution in [2.75, 3.05) is 0 Å². The number of nitrogens with zero attached hydrogens (tertiary/aromatic N) is 1. The molecule has 0 aliphatic heterocycles. The van der Waals surface area contributed by atoms with Crippen LogP contribution in [0.2, 0.25) is 0 Å². The summed E-state index contributed by atoms with van der Waals surface area (Å²) in [4.78, 5) is 0. The van der Waals surface area contributed by atoms with Gasteiger partial charge < -0.3 is 24.8 Å². The Labute approximate surface area is 155 Å². The summed E-state index contributed by atoms with van der Waals surface area (Å²) < 4.78 is 4.26. The second-order valence-corrected chi connectivity index (χ2v) is 11.2. The largest absolute Gasteiger partial charge is 1.00 e. The molecular formula is C18H15Cl2HfN. The molecule has 0 saturated carbocycles. The van der Waals surface area contributed by atoms with E-state index in [1.54, 1.807) is 3.33 Å². The molecule has 2 aromatic rings. The molecule has 0 saturated heterocycles. The number of hydrogen-bond donors (Lipinski definition) is 0. The van der Waals surface area contributed by atoms with E-state index in [0.29, 0.717) is 0 Å². The molecule has 110 valence electrons. The van der Waals surface area contributed by atoms with E-state index in [4.69, 9.17) is 0 Å². The maximum absolute atomic E-state index is 2.44. The minimum Gasteiger partial charge on any atom is -1.00 e. The van der Waals surface area contributed by atoms with Crippen molar-refractivity contribution in [3.63, 3.8) is 0 Å². The number of halogens is 2. The van der Waals surface area contributed by atoms with Crippen LogP contribution in [-0.4, -0.2) is 4.57 Å². The summed E-state index contributed by atoms with van der Waals surface area (Å²) in [6, 6.07) is 13.1. The van der Waals surface area contributed by atoms with Gasteiger partial charge in [-0.05, 0) is 0 Å². The van der Waals surface area contributed by atoms with Crippen molar-refractivity contribution in [1.82, 2.24) is 4.57 Å². The molecule has 1 nitrogen and oxygen atoms in total. The van der Waals surface area contributed by atoms with Crippen LogP contribution in [-0.2, 0) is 26.2 Å². The van der Waals surface area contributed by atoms with Crippen molar-refractivity contribution in [3.05, 3.63) is 87.6 Å². The molecule has 2 aliphatic rings. The van der Waals surface area contributed by atoms with Gasteiger partial charge in [0.1, 0.15) is 0 Å². The van der Waals surface area contributed by atoms with E-state index in [-0.39, 0.29) is 28.1 Å². The van der Waals surface area contributed by atoms with Crippen molar-refractivity contribution >= 4 is 6.08 Å². The third-order valence-corrected chi connectivity index (χ3v) is 10.4. The van der Waals surface area contributed by atoms with Gasteiger partial charge >= 0.3 is 131 Å². The second kappa shape index (κ2) is 7.16. The maximum atomic E-state index is 2.44. The molecular weight excluding hydrogens is 480 g/mol. The Balaban J connectivity index is 0.000000882. The quantitative estimate of drug-likeness (QED) is 0.442. The molecule has 0 fully saturated rings. The zero-order chi connectivity index (χ0) is 13.4. The van der Waals surface area contributed by atoms with Crippen LogP contribution in [0.5, 0.6) is 0 Å². The fourth-order valence-electron chi connectivity index (χ4n) is 3.04. The van der Waals surface area contributed by atoms with Gasteiger partial charge in [-0.2, -0.15) is 0 Å². The monoisotopic (exact) mass is 495 g/mol. The molecule has 0 bridgehead atoms. The standard InChI is InChI=1S/C13H10N.C5H5.2ClH.Hf/c1-2-6-12-11(5-1)7-8-13(12)14-9-3-4-10-14;1-2-4-5-3-1;;;/h1-10H;1-3H,4H2;2*1H;/q;;;;+2/p-2. The summed E-state index contributed by atoms with van der Waals surface area (Å²) in [7, 11) is 0. The average Bonchev–Trinajstić information content (AvgIpc) is 3.20. The molecule has 22 heavy (non-hydrogen) atoms. The number of fused-ring (bicyclic) bond motifs is 1. The van der Waals surface area contributed by atoms with Crippen molar-refractivity contribution < 1.29 is 47.7 Å². The van der Waals surface area contributed by atoms with Crippen LogP contribution in [0.15, 0.2) is 76.4 Å². The van der Waals surface area contributed by atoms with Crippen LogP contribution in [0.25, 0.3) is 6.08 Å². The first-order valence-corrected chi connectivity index (χ1v) is 10.5. The summed E-state index contributed by atoms with van der Waals surface area (Å²) >= 11 is -1.04. The van der Waals surface area contributed by atoms with Gasteiger partial charge in [0.05, 0.1) is 0 Å². The number of allylic oxidation sites excluding steroid dienone is 5. The van der Waals surface area contributed by atoms with Gasteiger partial charge in [0.15, 0.2) is 0 Å². The van der Waals surface area contributed by atoms with Gasteiger partial charge in [-0.1, -0.05) is 0 Å². The average molecular weight is 495 g/mol. The molecule has 1 heterocycles. The zero-order valence-electron chi connectivity index (χ0n) is 11.9. The van der Waals surface area contributed by atoms with Gasteiger partial charge in [0.2, 0.25) is 0 Å². The summed E-state index contributed by atoms with van der Waals surface area (Å²) in [6.45, 7) is 0. The van der Waals surface area contributed by atoms with E-state index in [9.17, 15) is 0 Å². The van der Waals surface area contributed by atoms with Crippen LogP contribution >= 0.6 is 0 Å². The molecule has 0 amide bonds. The van der Waals surface area contributed by atoms with E-state index < -0.39 is 22.9 Å². The number of rotatable bonds is 3. The Morgan fingerprint density at radius 2 is 1.77 bits per heavy atom. The van der Waals surface area contributed by atoms with Gasteiger partial charge in [0.25, 0.3) is 0 Å². The van der Waals surface area contributed by atoms with E-state index >= 15 is 0 Å². The number of hydrogen-bond acceptors (Lipinski definition) is 0. The number of aromatic nitrogens is 1. The maximum Gasteiger partial charge on any atom is -1.00 e. The topological polar surface area (TPSA) is 4.93 Å². The molecule has 4 rings (SSSR count). The Hall–Kier alpha value is -0.830. The first-order valence-electron chi connectivity index (χ1n) is 6.95. The Bertz CT molecular complexity index is 731. The van der Waals surface area contributed by atoms with Crippen molar-refractivity contribution in [1.29, 1.82) is 0 Å². The molecule has 0 N–H and O–H groups in total. The van der Waals surface area contributed by atoms with Crippen LogP contribution < -0.4 is 24.8 Å². The summed E-state index contributed by atoms with van der Waals surface area (Å²) in [5.41, 5.74) is 2.88. The number of benzene rings is 1. The van der Waals surface area contributed by atoms with E-state index in [2.05, 4.69) is 83.7 Å². The summed E-state index contributed by atoms with van der Waals surface area (Å²) in [5, 5.41) is 0. The fourth-order valence-corrected chi connectivity index (χ4v) is 9.14. The van der Waals surface area contributed by atoms with Crippen LogP contribution in [0.4, 0.5) is 0 Å². The van der Waals surface area contributed by atoms with E-state index in [1.807, 2.05) is 0 Å².